The lowest BCUT2D eigenvalue weighted by Crippen LogP contribution is -2.37. The van der Waals surface area contributed by atoms with Crippen LogP contribution in [0.1, 0.15) is 21.5 Å². The minimum Gasteiger partial charge on any atom is -0.465 e. The molecule has 150 valence electrons. The van der Waals surface area contributed by atoms with Gasteiger partial charge in [0.2, 0.25) is 15.9 Å². The van der Waals surface area contributed by atoms with Crippen molar-refractivity contribution in [2.24, 2.45) is 0 Å². The highest BCUT2D eigenvalue weighted by molar-refractivity contribution is 7.88. The standard InChI is InChI=1S/C19H21ClN2O5S/c1-13-4-6-14(7-5-13)11-22(28(3,25)26)12-18(23)21-17-10-15(19(24)27-2)8-9-16(17)20/h4-10H,11-12H2,1-3H3,(H,21,23). The lowest BCUT2D eigenvalue weighted by Gasteiger charge is -2.20. The average molecular weight is 425 g/mol. The summed E-state index contributed by atoms with van der Waals surface area (Å²) in [5.41, 5.74) is 2.21. The van der Waals surface area contributed by atoms with Gasteiger partial charge in [-0.15, -0.1) is 0 Å². The molecule has 0 aromatic heterocycles. The Morgan fingerprint density at radius 3 is 2.36 bits per heavy atom. The van der Waals surface area contributed by atoms with Gasteiger partial charge in [-0.1, -0.05) is 41.4 Å². The highest BCUT2D eigenvalue weighted by atomic mass is 35.5. The second-order valence-corrected chi connectivity index (χ2v) is 8.64. The predicted octanol–water partition coefficient (Wildman–Crippen LogP) is 2.84. The normalized spacial score (nSPS) is 11.3. The Hall–Kier alpha value is -2.42. The highest BCUT2D eigenvalue weighted by Gasteiger charge is 2.21. The van der Waals surface area contributed by atoms with E-state index in [1.165, 1.54) is 25.3 Å². The summed E-state index contributed by atoms with van der Waals surface area (Å²) in [5, 5.41) is 2.76. The van der Waals surface area contributed by atoms with E-state index in [1.54, 1.807) is 0 Å². The summed E-state index contributed by atoms with van der Waals surface area (Å²) < 4.78 is 29.9. The predicted molar refractivity (Wildman–Crippen MR) is 108 cm³/mol. The zero-order valence-corrected chi connectivity index (χ0v) is 17.3. The van der Waals surface area contributed by atoms with E-state index in [9.17, 15) is 18.0 Å². The van der Waals surface area contributed by atoms with Gasteiger partial charge < -0.3 is 10.1 Å². The molecule has 0 unspecified atom stereocenters. The van der Waals surface area contributed by atoms with Crippen molar-refractivity contribution in [2.45, 2.75) is 13.5 Å². The van der Waals surface area contributed by atoms with Gasteiger partial charge in [-0.3, -0.25) is 4.79 Å². The van der Waals surface area contributed by atoms with E-state index >= 15 is 0 Å². The molecule has 2 aromatic carbocycles. The molecule has 0 saturated carbocycles. The molecule has 0 radical (unpaired) electrons. The van der Waals surface area contributed by atoms with Crippen molar-refractivity contribution >= 4 is 39.2 Å². The molecule has 0 saturated heterocycles. The molecule has 0 atom stereocenters. The van der Waals surface area contributed by atoms with Gasteiger partial charge in [0.25, 0.3) is 0 Å². The first-order valence-electron chi connectivity index (χ1n) is 8.28. The Morgan fingerprint density at radius 1 is 1.14 bits per heavy atom. The fraction of sp³-hybridized carbons (Fsp3) is 0.263. The number of amides is 1. The number of esters is 1. The number of ether oxygens (including phenoxy) is 1. The summed E-state index contributed by atoms with van der Waals surface area (Å²) >= 11 is 6.06. The van der Waals surface area contributed by atoms with Gasteiger partial charge in [0.1, 0.15) is 0 Å². The Morgan fingerprint density at radius 2 is 1.79 bits per heavy atom. The minimum atomic E-state index is -3.63. The van der Waals surface area contributed by atoms with Crippen LogP contribution in [0.25, 0.3) is 0 Å². The maximum Gasteiger partial charge on any atom is 0.337 e. The number of aryl methyl sites for hydroxylation is 1. The van der Waals surface area contributed by atoms with Crippen LogP contribution in [0.15, 0.2) is 42.5 Å². The summed E-state index contributed by atoms with van der Waals surface area (Å²) in [4.78, 5) is 24.1. The van der Waals surface area contributed by atoms with Gasteiger partial charge in [-0.25, -0.2) is 13.2 Å². The minimum absolute atomic E-state index is 0.0580. The molecule has 1 amide bonds. The summed E-state index contributed by atoms with van der Waals surface area (Å²) in [6, 6.07) is 11.6. The number of nitrogens with zero attached hydrogens (tertiary/aromatic N) is 1. The topological polar surface area (TPSA) is 92.8 Å². The number of carbonyl (C=O) groups is 2. The van der Waals surface area contributed by atoms with Crippen molar-refractivity contribution in [3.63, 3.8) is 0 Å². The second kappa shape index (κ2) is 9.18. The molecule has 0 heterocycles. The fourth-order valence-electron chi connectivity index (χ4n) is 2.40. The van der Waals surface area contributed by atoms with E-state index in [-0.39, 0.29) is 22.8 Å². The third-order valence-electron chi connectivity index (χ3n) is 3.93. The number of hydrogen-bond donors (Lipinski definition) is 1. The van der Waals surface area contributed by atoms with Gasteiger partial charge in [0.15, 0.2) is 0 Å². The van der Waals surface area contributed by atoms with Crippen LogP contribution in [-0.2, 0) is 26.1 Å². The average Bonchev–Trinajstić information content (AvgIpc) is 2.63. The van der Waals surface area contributed by atoms with Crippen LogP contribution in [0, 0.1) is 6.92 Å². The van der Waals surface area contributed by atoms with Crippen LogP contribution in [0.2, 0.25) is 5.02 Å². The number of hydrogen-bond acceptors (Lipinski definition) is 5. The summed E-state index contributed by atoms with van der Waals surface area (Å²) in [6.07, 6.45) is 1.04. The number of methoxy groups -OCH3 is 1. The molecule has 0 aliphatic heterocycles. The molecule has 9 heteroatoms. The highest BCUT2D eigenvalue weighted by Crippen LogP contribution is 2.23. The Labute approximate surface area is 169 Å². The maximum atomic E-state index is 12.4. The van der Waals surface area contributed by atoms with Crippen molar-refractivity contribution in [3.05, 3.63) is 64.2 Å². The molecule has 7 nitrogen and oxygen atoms in total. The van der Waals surface area contributed by atoms with Crippen LogP contribution in [0.5, 0.6) is 0 Å². The van der Waals surface area contributed by atoms with E-state index in [0.29, 0.717) is 0 Å². The van der Waals surface area contributed by atoms with Crippen LogP contribution in [-0.4, -0.2) is 44.5 Å². The zero-order valence-electron chi connectivity index (χ0n) is 15.7. The van der Waals surface area contributed by atoms with Gasteiger partial charge >= 0.3 is 5.97 Å². The van der Waals surface area contributed by atoms with E-state index < -0.39 is 28.4 Å². The first kappa shape index (κ1) is 21.9. The van der Waals surface area contributed by atoms with Gasteiger partial charge in [-0.2, -0.15) is 4.31 Å². The Balaban J connectivity index is 2.16. The number of anilines is 1. The smallest absolute Gasteiger partial charge is 0.337 e. The molecule has 0 aliphatic rings. The molecule has 1 N–H and O–H groups in total. The van der Waals surface area contributed by atoms with Crippen LogP contribution < -0.4 is 5.32 Å². The van der Waals surface area contributed by atoms with Crippen LogP contribution in [0.3, 0.4) is 0 Å². The first-order chi connectivity index (χ1) is 13.1. The first-order valence-corrected chi connectivity index (χ1v) is 10.5. The monoisotopic (exact) mass is 424 g/mol. The third kappa shape index (κ3) is 6.05. The SMILES string of the molecule is COC(=O)c1ccc(Cl)c(NC(=O)CN(Cc2ccc(C)cc2)S(C)(=O)=O)c1. The quantitative estimate of drug-likeness (QED) is 0.690. The van der Waals surface area contributed by atoms with E-state index in [2.05, 4.69) is 10.1 Å². The van der Waals surface area contributed by atoms with Crippen molar-refractivity contribution in [1.29, 1.82) is 0 Å². The number of carbonyl (C=O) groups excluding carboxylic acids is 2. The lowest BCUT2D eigenvalue weighted by molar-refractivity contribution is -0.116. The molecule has 28 heavy (non-hydrogen) atoms. The van der Waals surface area contributed by atoms with Crippen molar-refractivity contribution < 1.29 is 22.7 Å². The van der Waals surface area contributed by atoms with Crippen molar-refractivity contribution in [1.82, 2.24) is 4.31 Å². The summed E-state index contributed by atoms with van der Waals surface area (Å²) in [5.74, 6) is -1.16. The third-order valence-corrected chi connectivity index (χ3v) is 5.46. The second-order valence-electron chi connectivity index (χ2n) is 6.25. The summed E-state index contributed by atoms with van der Waals surface area (Å²) in [6.45, 7) is 1.59. The van der Waals surface area contributed by atoms with E-state index in [0.717, 1.165) is 21.7 Å². The lowest BCUT2D eigenvalue weighted by atomic mass is 10.1. The largest absolute Gasteiger partial charge is 0.465 e. The van der Waals surface area contributed by atoms with Crippen LogP contribution in [0.4, 0.5) is 5.69 Å². The van der Waals surface area contributed by atoms with Gasteiger partial charge in [0, 0.05) is 6.54 Å². The van der Waals surface area contributed by atoms with E-state index in [1.807, 2.05) is 31.2 Å². The zero-order chi connectivity index (χ0) is 20.9. The Bertz CT molecular complexity index is 974. The molecule has 0 fully saturated rings. The number of sulfonamides is 1. The molecular weight excluding hydrogens is 404 g/mol. The number of benzene rings is 2. The molecule has 0 aliphatic carbocycles. The molecule has 2 aromatic rings. The Kier molecular flexibility index (Phi) is 7.17. The van der Waals surface area contributed by atoms with E-state index in [4.69, 9.17) is 11.6 Å². The molecule has 0 spiro atoms. The fourth-order valence-corrected chi connectivity index (χ4v) is 3.30. The maximum absolute atomic E-state index is 12.4. The van der Waals surface area contributed by atoms with Gasteiger partial charge in [-0.05, 0) is 30.7 Å². The summed E-state index contributed by atoms with van der Waals surface area (Å²) in [7, 11) is -2.39. The van der Waals surface area contributed by atoms with Crippen LogP contribution >= 0.6 is 11.6 Å². The molecule has 0 bridgehead atoms. The number of rotatable bonds is 7. The number of halogens is 1. The van der Waals surface area contributed by atoms with Crippen molar-refractivity contribution in [3.8, 4) is 0 Å². The molecular formula is C19H21ClN2O5S. The van der Waals surface area contributed by atoms with Gasteiger partial charge in [0.05, 0.1) is 36.2 Å². The molecule has 2 rings (SSSR count). The van der Waals surface area contributed by atoms with Crippen molar-refractivity contribution in [2.75, 3.05) is 25.2 Å². The number of nitrogens with one attached hydrogen (secondary N) is 1.